The summed E-state index contributed by atoms with van der Waals surface area (Å²) in [7, 11) is 0. The van der Waals surface area contributed by atoms with Gasteiger partial charge in [-0.3, -0.25) is 4.79 Å². The summed E-state index contributed by atoms with van der Waals surface area (Å²) >= 11 is 0. The van der Waals surface area contributed by atoms with Crippen molar-refractivity contribution in [3.63, 3.8) is 0 Å². The molecule has 2 rings (SSSR count). The van der Waals surface area contributed by atoms with Crippen molar-refractivity contribution in [1.82, 2.24) is 4.90 Å². The van der Waals surface area contributed by atoms with Crippen LogP contribution in [-0.2, 0) is 4.79 Å². The quantitative estimate of drug-likeness (QED) is 0.777. The maximum Gasteiger partial charge on any atom is 0.310 e. The SMILES string of the molecule is O=C(O)C1(CN2CCCCC2)CCCC1. The zero-order chi connectivity index (χ0) is 10.7. The number of rotatable bonds is 3. The minimum Gasteiger partial charge on any atom is -0.481 e. The summed E-state index contributed by atoms with van der Waals surface area (Å²) in [6.07, 6.45) is 7.78. The van der Waals surface area contributed by atoms with Gasteiger partial charge in [0.15, 0.2) is 0 Å². The molecule has 2 fully saturated rings. The van der Waals surface area contributed by atoms with E-state index in [0.29, 0.717) is 0 Å². The van der Waals surface area contributed by atoms with Crippen LogP contribution in [0.4, 0.5) is 0 Å². The molecular weight excluding hydrogens is 190 g/mol. The van der Waals surface area contributed by atoms with Crippen LogP contribution in [0.15, 0.2) is 0 Å². The molecule has 0 aromatic heterocycles. The fraction of sp³-hybridized carbons (Fsp3) is 0.917. The van der Waals surface area contributed by atoms with Crippen molar-refractivity contribution in [2.24, 2.45) is 5.41 Å². The Labute approximate surface area is 91.5 Å². The van der Waals surface area contributed by atoms with Crippen LogP contribution in [0, 0.1) is 5.41 Å². The smallest absolute Gasteiger partial charge is 0.310 e. The van der Waals surface area contributed by atoms with Crippen molar-refractivity contribution in [3.8, 4) is 0 Å². The van der Waals surface area contributed by atoms with Gasteiger partial charge in [-0.15, -0.1) is 0 Å². The zero-order valence-electron chi connectivity index (χ0n) is 9.37. The number of nitrogens with zero attached hydrogens (tertiary/aromatic N) is 1. The fourth-order valence-corrected chi connectivity index (χ4v) is 3.04. The van der Waals surface area contributed by atoms with Gasteiger partial charge in [0.05, 0.1) is 5.41 Å². The second-order valence-corrected chi connectivity index (χ2v) is 5.13. The number of piperidine rings is 1. The lowest BCUT2D eigenvalue weighted by Crippen LogP contribution is -2.43. The van der Waals surface area contributed by atoms with Crippen LogP contribution in [0.5, 0.6) is 0 Å². The number of carbonyl (C=O) groups is 1. The number of hydrogen-bond acceptors (Lipinski definition) is 2. The molecule has 0 aromatic rings. The molecule has 1 aliphatic heterocycles. The van der Waals surface area contributed by atoms with Gasteiger partial charge in [-0.05, 0) is 38.8 Å². The van der Waals surface area contributed by atoms with Gasteiger partial charge in [0.1, 0.15) is 0 Å². The number of aliphatic carboxylic acids is 1. The number of carboxylic acids is 1. The van der Waals surface area contributed by atoms with E-state index in [-0.39, 0.29) is 0 Å². The molecule has 1 saturated heterocycles. The molecule has 3 nitrogen and oxygen atoms in total. The second kappa shape index (κ2) is 4.52. The normalized spacial score (nSPS) is 26.7. The Kier molecular flexibility index (Phi) is 3.29. The van der Waals surface area contributed by atoms with Crippen LogP contribution in [0.1, 0.15) is 44.9 Å². The third-order valence-corrected chi connectivity index (χ3v) is 3.99. The molecule has 86 valence electrons. The van der Waals surface area contributed by atoms with Crippen LogP contribution in [-0.4, -0.2) is 35.6 Å². The molecule has 1 heterocycles. The van der Waals surface area contributed by atoms with Gasteiger partial charge >= 0.3 is 5.97 Å². The molecule has 0 aromatic carbocycles. The summed E-state index contributed by atoms with van der Waals surface area (Å²) in [6.45, 7) is 3.01. The van der Waals surface area contributed by atoms with Gasteiger partial charge in [-0.2, -0.15) is 0 Å². The van der Waals surface area contributed by atoms with Gasteiger partial charge in [0, 0.05) is 6.54 Å². The molecule has 0 amide bonds. The Balaban J connectivity index is 1.96. The van der Waals surface area contributed by atoms with Crippen LogP contribution < -0.4 is 0 Å². The molecule has 1 aliphatic carbocycles. The average Bonchev–Trinajstić information content (AvgIpc) is 2.69. The molecule has 0 unspecified atom stereocenters. The molecular formula is C12H21NO2. The zero-order valence-corrected chi connectivity index (χ0v) is 9.37. The van der Waals surface area contributed by atoms with Crippen LogP contribution in [0.25, 0.3) is 0 Å². The molecule has 3 heteroatoms. The van der Waals surface area contributed by atoms with Crippen molar-refractivity contribution >= 4 is 5.97 Å². The van der Waals surface area contributed by atoms with Gasteiger partial charge in [-0.1, -0.05) is 19.3 Å². The van der Waals surface area contributed by atoms with Gasteiger partial charge < -0.3 is 10.0 Å². The summed E-state index contributed by atoms with van der Waals surface area (Å²) in [6, 6.07) is 0. The van der Waals surface area contributed by atoms with E-state index >= 15 is 0 Å². The van der Waals surface area contributed by atoms with E-state index in [1.165, 1.54) is 19.3 Å². The minimum atomic E-state index is -0.564. The van der Waals surface area contributed by atoms with Crippen molar-refractivity contribution < 1.29 is 9.90 Å². The molecule has 1 N–H and O–H groups in total. The van der Waals surface area contributed by atoms with E-state index < -0.39 is 11.4 Å². The number of hydrogen-bond donors (Lipinski definition) is 1. The van der Waals surface area contributed by atoms with Crippen molar-refractivity contribution in [1.29, 1.82) is 0 Å². The van der Waals surface area contributed by atoms with Crippen molar-refractivity contribution in [3.05, 3.63) is 0 Å². The predicted molar refractivity (Wildman–Crippen MR) is 58.8 cm³/mol. The Morgan fingerprint density at radius 3 is 2.20 bits per heavy atom. The number of likely N-dealkylation sites (tertiary alicyclic amines) is 1. The lowest BCUT2D eigenvalue weighted by molar-refractivity contribution is -0.150. The van der Waals surface area contributed by atoms with E-state index in [1.54, 1.807) is 0 Å². The van der Waals surface area contributed by atoms with Gasteiger partial charge in [-0.25, -0.2) is 0 Å². The third kappa shape index (κ3) is 2.33. The van der Waals surface area contributed by atoms with Crippen LogP contribution in [0.2, 0.25) is 0 Å². The van der Waals surface area contributed by atoms with Gasteiger partial charge in [0.25, 0.3) is 0 Å². The van der Waals surface area contributed by atoms with Crippen LogP contribution in [0.3, 0.4) is 0 Å². The first-order valence-corrected chi connectivity index (χ1v) is 6.19. The Bertz CT molecular complexity index is 228. The highest BCUT2D eigenvalue weighted by Crippen LogP contribution is 2.39. The van der Waals surface area contributed by atoms with Gasteiger partial charge in [0.2, 0.25) is 0 Å². The molecule has 1 saturated carbocycles. The molecule has 2 aliphatic rings. The predicted octanol–water partition coefficient (Wildman–Crippen LogP) is 2.12. The summed E-state index contributed by atoms with van der Waals surface area (Å²) in [5.74, 6) is -0.564. The highest BCUT2D eigenvalue weighted by atomic mass is 16.4. The average molecular weight is 211 g/mol. The molecule has 0 spiro atoms. The monoisotopic (exact) mass is 211 g/mol. The molecule has 0 bridgehead atoms. The summed E-state index contributed by atoms with van der Waals surface area (Å²) < 4.78 is 0. The first-order valence-electron chi connectivity index (χ1n) is 6.19. The molecule has 0 radical (unpaired) electrons. The van der Waals surface area contributed by atoms with Crippen LogP contribution >= 0.6 is 0 Å². The van der Waals surface area contributed by atoms with E-state index in [9.17, 15) is 9.90 Å². The maximum absolute atomic E-state index is 11.4. The lowest BCUT2D eigenvalue weighted by Gasteiger charge is -2.34. The van der Waals surface area contributed by atoms with E-state index in [1.807, 2.05) is 0 Å². The second-order valence-electron chi connectivity index (χ2n) is 5.13. The van der Waals surface area contributed by atoms with E-state index in [2.05, 4.69) is 4.90 Å². The highest BCUT2D eigenvalue weighted by molar-refractivity contribution is 5.75. The minimum absolute atomic E-state index is 0.405. The van der Waals surface area contributed by atoms with Crippen molar-refractivity contribution in [2.75, 3.05) is 19.6 Å². The largest absolute Gasteiger partial charge is 0.481 e. The Morgan fingerprint density at radius 2 is 1.67 bits per heavy atom. The van der Waals surface area contributed by atoms with E-state index in [4.69, 9.17) is 0 Å². The first-order chi connectivity index (χ1) is 7.23. The fourth-order valence-electron chi connectivity index (χ4n) is 3.04. The Hall–Kier alpha value is -0.570. The number of carboxylic acid groups (broad SMARTS) is 1. The standard InChI is InChI=1S/C12H21NO2/c14-11(15)12(6-2-3-7-12)10-13-8-4-1-5-9-13/h1-10H2,(H,14,15). The first kappa shape index (κ1) is 10.9. The topological polar surface area (TPSA) is 40.5 Å². The summed E-state index contributed by atoms with van der Waals surface area (Å²) in [5, 5.41) is 9.37. The maximum atomic E-state index is 11.4. The van der Waals surface area contributed by atoms with E-state index in [0.717, 1.165) is 45.3 Å². The molecule has 15 heavy (non-hydrogen) atoms. The lowest BCUT2D eigenvalue weighted by atomic mass is 9.85. The molecule has 0 atom stereocenters. The van der Waals surface area contributed by atoms with Crippen molar-refractivity contribution in [2.45, 2.75) is 44.9 Å². The summed E-state index contributed by atoms with van der Waals surface area (Å²) in [5.41, 5.74) is -0.405. The highest BCUT2D eigenvalue weighted by Gasteiger charge is 2.42. The Morgan fingerprint density at radius 1 is 1.07 bits per heavy atom. The summed E-state index contributed by atoms with van der Waals surface area (Å²) in [4.78, 5) is 13.7. The third-order valence-electron chi connectivity index (χ3n) is 3.99.